The van der Waals surface area contributed by atoms with E-state index in [1.54, 1.807) is 27.7 Å². The Labute approximate surface area is 141 Å². The fourth-order valence-electron chi connectivity index (χ4n) is 1.88. The van der Waals surface area contributed by atoms with Crippen molar-refractivity contribution in [1.82, 2.24) is 10.2 Å². The normalized spacial score (nSPS) is 12.5. The van der Waals surface area contributed by atoms with Crippen LogP contribution in [0.1, 0.15) is 39.2 Å². The Kier molecular flexibility index (Phi) is 6.69. The summed E-state index contributed by atoms with van der Waals surface area (Å²) >= 11 is 0. The van der Waals surface area contributed by atoms with Crippen molar-refractivity contribution in [2.24, 2.45) is 0 Å². The number of halogens is 2. The van der Waals surface area contributed by atoms with Crippen molar-refractivity contribution in [3.05, 3.63) is 35.4 Å². The molecule has 0 spiro atoms. The molecule has 7 heteroatoms. The van der Waals surface area contributed by atoms with E-state index in [1.807, 2.05) is 0 Å². The molecule has 1 rings (SSSR count). The molecule has 2 amide bonds. The Morgan fingerprint density at radius 3 is 2.42 bits per heavy atom. The summed E-state index contributed by atoms with van der Waals surface area (Å²) in [5.41, 5.74) is -0.0575. The van der Waals surface area contributed by atoms with Gasteiger partial charge in [-0.2, -0.15) is 0 Å². The van der Waals surface area contributed by atoms with Gasteiger partial charge >= 0.3 is 6.09 Å². The topological polar surface area (TPSA) is 58.6 Å². The molecule has 0 heterocycles. The molecule has 0 saturated carbocycles. The molecule has 134 valence electrons. The lowest BCUT2D eigenvalue weighted by Crippen LogP contribution is -2.41. The zero-order valence-electron chi connectivity index (χ0n) is 14.7. The van der Waals surface area contributed by atoms with E-state index in [4.69, 9.17) is 4.74 Å². The van der Waals surface area contributed by atoms with E-state index < -0.39 is 23.3 Å². The number of nitrogens with one attached hydrogen (secondary N) is 1. The number of hydrogen-bond donors (Lipinski definition) is 1. The van der Waals surface area contributed by atoms with Gasteiger partial charge in [-0.1, -0.05) is 13.0 Å². The predicted molar refractivity (Wildman–Crippen MR) is 86.6 cm³/mol. The van der Waals surface area contributed by atoms with E-state index >= 15 is 0 Å². The van der Waals surface area contributed by atoms with Crippen LogP contribution in [0.4, 0.5) is 13.6 Å². The van der Waals surface area contributed by atoms with Crippen LogP contribution in [0, 0.1) is 11.6 Å². The van der Waals surface area contributed by atoms with E-state index in [2.05, 4.69) is 5.32 Å². The van der Waals surface area contributed by atoms with E-state index in [1.165, 1.54) is 18.0 Å². The molecule has 0 aliphatic carbocycles. The van der Waals surface area contributed by atoms with Crippen molar-refractivity contribution in [2.45, 2.75) is 39.2 Å². The lowest BCUT2D eigenvalue weighted by atomic mass is 10.0. The van der Waals surface area contributed by atoms with Crippen LogP contribution in [0.5, 0.6) is 0 Å². The van der Waals surface area contributed by atoms with Gasteiger partial charge in [-0.25, -0.2) is 13.6 Å². The van der Waals surface area contributed by atoms with Gasteiger partial charge in [0.15, 0.2) is 11.6 Å². The third-order valence-corrected chi connectivity index (χ3v) is 3.20. The summed E-state index contributed by atoms with van der Waals surface area (Å²) in [4.78, 5) is 24.8. The Hall–Kier alpha value is -2.18. The largest absolute Gasteiger partial charge is 0.444 e. The number of benzene rings is 1. The van der Waals surface area contributed by atoms with Gasteiger partial charge in [0.2, 0.25) is 5.91 Å². The van der Waals surface area contributed by atoms with Crippen molar-refractivity contribution in [2.75, 3.05) is 20.1 Å². The van der Waals surface area contributed by atoms with E-state index in [0.29, 0.717) is 5.56 Å². The molecule has 0 aliphatic heterocycles. The molecule has 0 saturated heterocycles. The third-order valence-electron chi connectivity index (χ3n) is 3.20. The van der Waals surface area contributed by atoms with Crippen LogP contribution >= 0.6 is 0 Å². The van der Waals surface area contributed by atoms with Gasteiger partial charge in [-0.3, -0.25) is 4.79 Å². The van der Waals surface area contributed by atoms with Gasteiger partial charge in [0.05, 0.1) is 0 Å². The number of carbonyl (C=O) groups is 2. The second kappa shape index (κ2) is 8.08. The molecule has 5 nitrogen and oxygen atoms in total. The summed E-state index contributed by atoms with van der Waals surface area (Å²) in [7, 11) is 1.46. The van der Waals surface area contributed by atoms with Gasteiger partial charge in [0, 0.05) is 13.6 Å². The van der Waals surface area contributed by atoms with Gasteiger partial charge in [0.1, 0.15) is 12.1 Å². The quantitative estimate of drug-likeness (QED) is 0.895. The number of carbonyl (C=O) groups excluding carboxylic acids is 2. The molecule has 1 aromatic rings. The van der Waals surface area contributed by atoms with Crippen LogP contribution in [0.25, 0.3) is 0 Å². The smallest absolute Gasteiger partial charge is 0.410 e. The number of rotatable bonds is 5. The number of hydrogen-bond acceptors (Lipinski definition) is 3. The first-order valence-electron chi connectivity index (χ1n) is 7.65. The van der Waals surface area contributed by atoms with Crippen LogP contribution in [-0.4, -0.2) is 42.6 Å². The first-order valence-corrected chi connectivity index (χ1v) is 7.65. The zero-order valence-corrected chi connectivity index (χ0v) is 14.7. The minimum Gasteiger partial charge on any atom is -0.444 e. The van der Waals surface area contributed by atoms with Crippen molar-refractivity contribution in [3.63, 3.8) is 0 Å². The summed E-state index contributed by atoms with van der Waals surface area (Å²) in [5.74, 6) is -2.39. The Bertz CT molecular complexity index is 600. The highest BCUT2D eigenvalue weighted by Crippen LogP contribution is 2.17. The molecule has 0 fully saturated rings. The SMILES string of the molecule is C[C@H](CNC(=O)CN(C)C(=O)OC(C)(C)C)c1ccc(F)c(F)c1. The van der Waals surface area contributed by atoms with E-state index in [0.717, 1.165) is 12.1 Å². The number of amides is 2. The molecule has 1 aromatic carbocycles. The van der Waals surface area contributed by atoms with E-state index in [-0.39, 0.29) is 24.9 Å². The molecule has 0 bridgehead atoms. The maximum absolute atomic E-state index is 13.2. The highest BCUT2D eigenvalue weighted by atomic mass is 19.2. The van der Waals surface area contributed by atoms with Crippen molar-refractivity contribution in [3.8, 4) is 0 Å². The molecule has 0 radical (unpaired) electrons. The fraction of sp³-hybridized carbons (Fsp3) is 0.529. The maximum Gasteiger partial charge on any atom is 0.410 e. The second-order valence-electron chi connectivity index (χ2n) is 6.72. The molecule has 1 N–H and O–H groups in total. The Balaban J connectivity index is 2.47. The Morgan fingerprint density at radius 2 is 1.88 bits per heavy atom. The van der Waals surface area contributed by atoms with Gasteiger partial charge < -0.3 is 15.0 Å². The number of nitrogens with zero attached hydrogens (tertiary/aromatic N) is 1. The second-order valence-corrected chi connectivity index (χ2v) is 6.72. The molecular formula is C17H24F2N2O3. The highest BCUT2D eigenvalue weighted by Gasteiger charge is 2.21. The minimum atomic E-state index is -0.921. The molecule has 24 heavy (non-hydrogen) atoms. The number of ether oxygens (including phenoxy) is 1. The zero-order chi connectivity index (χ0) is 18.5. The lowest BCUT2D eigenvalue weighted by molar-refractivity contribution is -0.122. The molecule has 1 atom stereocenters. The fourth-order valence-corrected chi connectivity index (χ4v) is 1.88. The minimum absolute atomic E-state index is 0.153. The summed E-state index contributed by atoms with van der Waals surface area (Å²) in [6.45, 7) is 7.09. The summed E-state index contributed by atoms with van der Waals surface area (Å²) in [6.07, 6.45) is -0.591. The highest BCUT2D eigenvalue weighted by molar-refractivity contribution is 5.82. The van der Waals surface area contributed by atoms with Gasteiger partial charge in [-0.05, 0) is 44.4 Å². The van der Waals surface area contributed by atoms with Crippen molar-refractivity contribution >= 4 is 12.0 Å². The van der Waals surface area contributed by atoms with Crippen LogP contribution < -0.4 is 5.32 Å². The Morgan fingerprint density at radius 1 is 1.25 bits per heavy atom. The van der Waals surface area contributed by atoms with Gasteiger partial charge in [-0.15, -0.1) is 0 Å². The first kappa shape index (κ1) is 19.9. The average molecular weight is 342 g/mol. The summed E-state index contributed by atoms with van der Waals surface area (Å²) in [6, 6.07) is 3.64. The molecule has 0 aliphatic rings. The van der Waals surface area contributed by atoms with Crippen LogP contribution in [0.2, 0.25) is 0 Å². The summed E-state index contributed by atoms with van der Waals surface area (Å²) < 4.78 is 31.3. The van der Waals surface area contributed by atoms with Gasteiger partial charge in [0.25, 0.3) is 0 Å². The average Bonchev–Trinajstić information content (AvgIpc) is 2.45. The molecule has 0 aromatic heterocycles. The maximum atomic E-state index is 13.2. The standard InChI is InChI=1S/C17H24F2N2O3/c1-11(12-6-7-13(18)14(19)8-12)9-20-15(22)10-21(5)16(23)24-17(2,3)4/h6-8,11H,9-10H2,1-5H3,(H,20,22)/t11-/m1/s1. The van der Waals surface area contributed by atoms with Crippen LogP contribution in [0.3, 0.4) is 0 Å². The first-order chi connectivity index (χ1) is 11.0. The molecule has 0 unspecified atom stereocenters. The molecular weight excluding hydrogens is 318 g/mol. The monoisotopic (exact) mass is 342 g/mol. The lowest BCUT2D eigenvalue weighted by Gasteiger charge is -2.24. The third kappa shape index (κ3) is 6.52. The van der Waals surface area contributed by atoms with Crippen molar-refractivity contribution in [1.29, 1.82) is 0 Å². The van der Waals surface area contributed by atoms with Crippen molar-refractivity contribution < 1.29 is 23.1 Å². The van der Waals surface area contributed by atoms with E-state index in [9.17, 15) is 18.4 Å². The van der Waals surface area contributed by atoms with Crippen LogP contribution in [0.15, 0.2) is 18.2 Å². The predicted octanol–water partition coefficient (Wildman–Crippen LogP) is 3.05. The summed E-state index contributed by atoms with van der Waals surface area (Å²) in [5, 5.41) is 2.66. The number of likely N-dealkylation sites (N-methyl/N-ethyl adjacent to an activating group) is 1. The van der Waals surface area contributed by atoms with Crippen LogP contribution in [-0.2, 0) is 9.53 Å².